The highest BCUT2D eigenvalue weighted by Gasteiger charge is 2.25. The normalized spacial score (nSPS) is 18.3. The highest BCUT2D eigenvalue weighted by molar-refractivity contribution is 5.95. The Balaban J connectivity index is 1.43. The van der Waals surface area contributed by atoms with Crippen molar-refractivity contribution >= 4 is 11.8 Å². The number of carbonyl (C=O) groups excluding carboxylic acids is 2. The van der Waals surface area contributed by atoms with Gasteiger partial charge < -0.3 is 19.7 Å². The number of nitrogens with zero attached hydrogens (tertiary/aromatic N) is 1. The van der Waals surface area contributed by atoms with Gasteiger partial charge in [0, 0.05) is 31.1 Å². The van der Waals surface area contributed by atoms with Crippen LogP contribution in [0, 0.1) is 5.92 Å². The highest BCUT2D eigenvalue weighted by Crippen LogP contribution is 2.29. The zero-order valence-corrected chi connectivity index (χ0v) is 17.7. The quantitative estimate of drug-likeness (QED) is 0.754. The monoisotopic (exact) mass is 402 g/mol. The minimum absolute atomic E-state index is 0.0954. The number of benzene rings is 1. The van der Waals surface area contributed by atoms with Gasteiger partial charge in [0.15, 0.2) is 11.5 Å². The second-order valence-corrected chi connectivity index (χ2v) is 8.24. The molecule has 6 nitrogen and oxygen atoms in total. The first-order valence-electron chi connectivity index (χ1n) is 10.9. The third-order valence-corrected chi connectivity index (χ3v) is 6.32. The number of hydrogen-bond acceptors (Lipinski definition) is 4. The minimum atomic E-state index is -0.118. The van der Waals surface area contributed by atoms with Crippen LogP contribution in [0.3, 0.4) is 0 Å². The first-order chi connectivity index (χ1) is 14.1. The fourth-order valence-electron chi connectivity index (χ4n) is 4.48. The topological polar surface area (TPSA) is 67.9 Å². The molecule has 3 rings (SSSR count). The molecule has 1 N–H and O–H groups in total. The van der Waals surface area contributed by atoms with Gasteiger partial charge in [0.05, 0.1) is 14.2 Å². The summed E-state index contributed by atoms with van der Waals surface area (Å²) in [6.45, 7) is 1.45. The largest absolute Gasteiger partial charge is 0.493 e. The van der Waals surface area contributed by atoms with E-state index in [1.807, 2.05) is 4.90 Å². The summed E-state index contributed by atoms with van der Waals surface area (Å²) in [5, 5.41) is 3.09. The van der Waals surface area contributed by atoms with E-state index in [2.05, 4.69) is 5.32 Å². The lowest BCUT2D eigenvalue weighted by atomic mass is 9.86. The summed E-state index contributed by atoms with van der Waals surface area (Å²) in [7, 11) is 3.13. The van der Waals surface area contributed by atoms with E-state index in [9.17, 15) is 9.59 Å². The van der Waals surface area contributed by atoms with E-state index in [4.69, 9.17) is 9.47 Å². The van der Waals surface area contributed by atoms with Gasteiger partial charge in [-0.2, -0.15) is 0 Å². The maximum absolute atomic E-state index is 12.6. The van der Waals surface area contributed by atoms with Crippen molar-refractivity contribution in [2.75, 3.05) is 27.3 Å². The third kappa shape index (κ3) is 5.87. The zero-order chi connectivity index (χ0) is 20.6. The summed E-state index contributed by atoms with van der Waals surface area (Å²) < 4.78 is 10.5. The average Bonchev–Trinajstić information content (AvgIpc) is 2.78. The molecular formula is C23H34N2O4. The van der Waals surface area contributed by atoms with Gasteiger partial charge in [0.1, 0.15) is 0 Å². The molecule has 0 radical (unpaired) electrons. The molecule has 0 atom stereocenters. The molecule has 1 aliphatic carbocycles. The molecule has 0 spiro atoms. The lowest BCUT2D eigenvalue weighted by Crippen LogP contribution is -2.46. The molecule has 0 bridgehead atoms. The van der Waals surface area contributed by atoms with E-state index >= 15 is 0 Å². The molecule has 1 saturated heterocycles. The molecule has 2 amide bonds. The predicted molar refractivity (Wildman–Crippen MR) is 112 cm³/mol. The minimum Gasteiger partial charge on any atom is -0.493 e. The first kappa shape index (κ1) is 21.5. The van der Waals surface area contributed by atoms with Gasteiger partial charge in [-0.25, -0.2) is 0 Å². The maximum atomic E-state index is 12.6. The third-order valence-electron chi connectivity index (χ3n) is 6.32. The molecule has 0 aromatic heterocycles. The van der Waals surface area contributed by atoms with Crippen LogP contribution in [0.4, 0.5) is 0 Å². The average molecular weight is 403 g/mol. The number of methoxy groups -OCH3 is 2. The second kappa shape index (κ2) is 10.5. The summed E-state index contributed by atoms with van der Waals surface area (Å²) in [6.07, 6.45) is 9.89. The molecule has 1 saturated carbocycles. The van der Waals surface area contributed by atoms with Crippen molar-refractivity contribution in [1.82, 2.24) is 10.2 Å². The fraction of sp³-hybridized carbons (Fsp3) is 0.652. The van der Waals surface area contributed by atoms with Crippen molar-refractivity contribution in [1.29, 1.82) is 0 Å². The number of hydrogen-bond donors (Lipinski definition) is 1. The Labute approximate surface area is 173 Å². The van der Waals surface area contributed by atoms with Crippen LogP contribution in [0.2, 0.25) is 0 Å². The van der Waals surface area contributed by atoms with Gasteiger partial charge in [-0.05, 0) is 43.4 Å². The summed E-state index contributed by atoms with van der Waals surface area (Å²) in [6, 6.07) is 5.26. The smallest absolute Gasteiger partial charge is 0.251 e. The van der Waals surface area contributed by atoms with Crippen molar-refractivity contribution in [2.45, 2.75) is 63.8 Å². The summed E-state index contributed by atoms with van der Waals surface area (Å²) >= 11 is 0. The molecular weight excluding hydrogens is 368 g/mol. The Bertz CT molecular complexity index is 692. The van der Waals surface area contributed by atoms with Gasteiger partial charge in [-0.1, -0.05) is 32.1 Å². The van der Waals surface area contributed by atoms with Crippen molar-refractivity contribution in [3.8, 4) is 11.5 Å². The molecule has 1 aromatic rings. The highest BCUT2D eigenvalue weighted by atomic mass is 16.5. The van der Waals surface area contributed by atoms with Crippen LogP contribution < -0.4 is 14.8 Å². The van der Waals surface area contributed by atoms with Crippen LogP contribution in [0.15, 0.2) is 18.2 Å². The fourth-order valence-corrected chi connectivity index (χ4v) is 4.48. The Morgan fingerprint density at radius 2 is 1.69 bits per heavy atom. The molecule has 6 heteroatoms. The van der Waals surface area contributed by atoms with Gasteiger partial charge in [0.2, 0.25) is 5.91 Å². The van der Waals surface area contributed by atoms with Crippen molar-refractivity contribution in [3.05, 3.63) is 23.8 Å². The van der Waals surface area contributed by atoms with E-state index in [-0.39, 0.29) is 17.9 Å². The van der Waals surface area contributed by atoms with Crippen LogP contribution in [-0.2, 0) is 4.79 Å². The number of ether oxygens (including phenoxy) is 2. The Morgan fingerprint density at radius 1 is 1.00 bits per heavy atom. The number of carbonyl (C=O) groups is 2. The number of likely N-dealkylation sites (tertiary alicyclic amines) is 1. The van der Waals surface area contributed by atoms with E-state index in [0.29, 0.717) is 23.5 Å². The van der Waals surface area contributed by atoms with Crippen molar-refractivity contribution < 1.29 is 19.1 Å². The van der Waals surface area contributed by atoms with Crippen LogP contribution >= 0.6 is 0 Å². The van der Waals surface area contributed by atoms with E-state index < -0.39 is 0 Å². The van der Waals surface area contributed by atoms with E-state index in [1.54, 1.807) is 32.4 Å². The van der Waals surface area contributed by atoms with Gasteiger partial charge >= 0.3 is 0 Å². The van der Waals surface area contributed by atoms with E-state index in [0.717, 1.165) is 38.3 Å². The van der Waals surface area contributed by atoms with Crippen LogP contribution in [0.1, 0.15) is 68.1 Å². The molecule has 2 fully saturated rings. The predicted octanol–water partition coefficient (Wildman–Crippen LogP) is 3.79. The molecule has 1 aliphatic heterocycles. The summed E-state index contributed by atoms with van der Waals surface area (Å²) in [5.74, 6) is 2.04. The van der Waals surface area contributed by atoms with Crippen LogP contribution in [0.25, 0.3) is 0 Å². The molecule has 1 aromatic carbocycles. The number of amides is 2. The Hall–Kier alpha value is -2.24. The first-order valence-corrected chi connectivity index (χ1v) is 10.9. The zero-order valence-electron chi connectivity index (χ0n) is 17.7. The molecule has 1 heterocycles. The van der Waals surface area contributed by atoms with Gasteiger partial charge in [-0.3, -0.25) is 9.59 Å². The van der Waals surface area contributed by atoms with Crippen molar-refractivity contribution in [2.24, 2.45) is 5.92 Å². The maximum Gasteiger partial charge on any atom is 0.251 e. The number of nitrogens with one attached hydrogen (secondary N) is 1. The van der Waals surface area contributed by atoms with E-state index in [1.165, 1.54) is 32.1 Å². The second-order valence-electron chi connectivity index (χ2n) is 8.24. The number of rotatable bonds is 7. The SMILES string of the molecule is COc1ccc(C(=O)NC2CCN(C(=O)CCC3CCCCC3)CC2)cc1OC. The lowest BCUT2D eigenvalue weighted by Gasteiger charge is -2.33. The summed E-state index contributed by atoms with van der Waals surface area (Å²) in [4.78, 5) is 27.1. The summed E-state index contributed by atoms with van der Waals surface area (Å²) in [5.41, 5.74) is 0.550. The molecule has 2 aliphatic rings. The standard InChI is InChI=1S/C23H34N2O4/c1-28-20-10-9-18(16-21(20)29-2)23(27)24-19-12-14-25(15-13-19)22(26)11-8-17-6-4-3-5-7-17/h9-10,16-17,19H,3-8,11-15H2,1-2H3,(H,24,27). The molecule has 29 heavy (non-hydrogen) atoms. The Kier molecular flexibility index (Phi) is 7.78. The number of piperidine rings is 1. The van der Waals surface area contributed by atoms with Crippen LogP contribution in [0.5, 0.6) is 11.5 Å². The van der Waals surface area contributed by atoms with Crippen LogP contribution in [-0.4, -0.2) is 50.1 Å². The lowest BCUT2D eigenvalue weighted by molar-refractivity contribution is -0.132. The molecule has 0 unspecified atom stereocenters. The Morgan fingerprint density at radius 3 is 2.34 bits per heavy atom. The van der Waals surface area contributed by atoms with Crippen molar-refractivity contribution in [3.63, 3.8) is 0 Å². The van der Waals surface area contributed by atoms with Gasteiger partial charge in [0.25, 0.3) is 5.91 Å². The molecule has 160 valence electrons. The van der Waals surface area contributed by atoms with Gasteiger partial charge in [-0.15, -0.1) is 0 Å².